The number of anilines is 1. The van der Waals surface area contributed by atoms with Crippen molar-refractivity contribution in [2.24, 2.45) is 0 Å². The molecule has 0 atom stereocenters. The van der Waals surface area contributed by atoms with Crippen LogP contribution in [0.2, 0.25) is 0 Å². The second-order valence-electron chi connectivity index (χ2n) is 5.82. The van der Waals surface area contributed by atoms with E-state index in [0.29, 0.717) is 11.4 Å². The quantitative estimate of drug-likeness (QED) is 0.783. The molecule has 6 heteroatoms. The highest BCUT2D eigenvalue weighted by atomic mass is 32.2. The number of fused-ring (bicyclic) bond motifs is 1. The molecule has 5 nitrogen and oxygen atoms in total. The summed E-state index contributed by atoms with van der Waals surface area (Å²) in [6, 6.07) is 3.61. The van der Waals surface area contributed by atoms with Crippen molar-refractivity contribution in [1.82, 2.24) is 9.62 Å². The summed E-state index contributed by atoms with van der Waals surface area (Å²) in [5.74, 6) is 0. The van der Waals surface area contributed by atoms with Gasteiger partial charge in [-0.05, 0) is 64.0 Å². The molecule has 2 rings (SSSR count). The van der Waals surface area contributed by atoms with E-state index in [0.717, 1.165) is 49.2 Å². The molecule has 0 radical (unpaired) electrons. The molecular formula is C15H25N3O2S. The van der Waals surface area contributed by atoms with E-state index in [1.807, 2.05) is 32.0 Å². The fraction of sp³-hybridized carbons (Fsp3) is 0.600. The number of nitrogens with zero attached hydrogens (tertiary/aromatic N) is 1. The Morgan fingerprint density at radius 1 is 1.33 bits per heavy atom. The standard InChI is InChI=1S/C15H25N3O2S/c1-12-7-8-14(13-6-4-9-16-15(12)13)21(19,20)17-10-5-11-18(2)3/h7-8,16-17H,4-6,9-11H2,1-3H3. The van der Waals surface area contributed by atoms with Crippen molar-refractivity contribution in [3.05, 3.63) is 23.3 Å². The Balaban J connectivity index is 2.17. The largest absolute Gasteiger partial charge is 0.385 e. The second-order valence-corrected chi connectivity index (χ2v) is 7.55. The van der Waals surface area contributed by atoms with Crippen molar-refractivity contribution in [1.29, 1.82) is 0 Å². The van der Waals surface area contributed by atoms with Gasteiger partial charge in [0.15, 0.2) is 0 Å². The summed E-state index contributed by atoms with van der Waals surface area (Å²) in [6.45, 7) is 4.26. The number of hydrogen-bond donors (Lipinski definition) is 2. The van der Waals surface area contributed by atoms with Crippen molar-refractivity contribution in [2.45, 2.75) is 31.1 Å². The molecule has 0 amide bonds. The van der Waals surface area contributed by atoms with E-state index in [-0.39, 0.29) is 0 Å². The first kappa shape index (κ1) is 16.3. The summed E-state index contributed by atoms with van der Waals surface area (Å²) in [6.07, 6.45) is 2.59. The van der Waals surface area contributed by atoms with Crippen LogP contribution in [0.5, 0.6) is 0 Å². The molecule has 1 aromatic carbocycles. The normalized spacial score (nSPS) is 14.9. The molecule has 0 saturated heterocycles. The van der Waals surface area contributed by atoms with Crippen molar-refractivity contribution in [2.75, 3.05) is 39.0 Å². The third-order valence-electron chi connectivity index (χ3n) is 3.75. The maximum atomic E-state index is 12.5. The van der Waals surface area contributed by atoms with Crippen LogP contribution in [0.3, 0.4) is 0 Å². The van der Waals surface area contributed by atoms with Gasteiger partial charge in [-0.2, -0.15) is 0 Å². The van der Waals surface area contributed by atoms with Gasteiger partial charge in [0.05, 0.1) is 4.90 Å². The van der Waals surface area contributed by atoms with Gasteiger partial charge in [-0.25, -0.2) is 13.1 Å². The second kappa shape index (κ2) is 6.77. The van der Waals surface area contributed by atoms with E-state index in [9.17, 15) is 8.42 Å². The summed E-state index contributed by atoms with van der Waals surface area (Å²) in [7, 11) is 0.540. The van der Waals surface area contributed by atoms with Crippen LogP contribution in [0.4, 0.5) is 5.69 Å². The first-order chi connectivity index (χ1) is 9.92. The van der Waals surface area contributed by atoms with Crippen LogP contribution < -0.4 is 10.0 Å². The number of nitrogens with one attached hydrogen (secondary N) is 2. The average molecular weight is 311 g/mol. The summed E-state index contributed by atoms with van der Waals surface area (Å²) >= 11 is 0. The molecule has 0 aliphatic carbocycles. The summed E-state index contributed by atoms with van der Waals surface area (Å²) < 4.78 is 27.7. The van der Waals surface area contributed by atoms with E-state index < -0.39 is 10.0 Å². The van der Waals surface area contributed by atoms with E-state index in [1.165, 1.54) is 0 Å². The number of benzene rings is 1. The Labute approximate surface area is 127 Å². The molecule has 1 aliphatic rings. The molecule has 0 fully saturated rings. The van der Waals surface area contributed by atoms with Gasteiger partial charge in [0.25, 0.3) is 0 Å². The summed E-state index contributed by atoms with van der Waals surface area (Å²) in [5.41, 5.74) is 3.04. The maximum absolute atomic E-state index is 12.5. The van der Waals surface area contributed by atoms with Crippen LogP contribution in [-0.2, 0) is 16.4 Å². The predicted molar refractivity (Wildman–Crippen MR) is 86.3 cm³/mol. The van der Waals surface area contributed by atoms with Crippen LogP contribution in [0.15, 0.2) is 17.0 Å². The lowest BCUT2D eigenvalue weighted by Crippen LogP contribution is -2.29. The summed E-state index contributed by atoms with van der Waals surface area (Å²) in [4.78, 5) is 2.48. The van der Waals surface area contributed by atoms with E-state index in [2.05, 4.69) is 10.0 Å². The van der Waals surface area contributed by atoms with Gasteiger partial charge in [0, 0.05) is 18.8 Å². The van der Waals surface area contributed by atoms with Gasteiger partial charge in [0.2, 0.25) is 10.0 Å². The number of rotatable bonds is 6. The minimum Gasteiger partial charge on any atom is -0.385 e. The minimum atomic E-state index is -3.42. The van der Waals surface area contributed by atoms with Gasteiger partial charge in [-0.1, -0.05) is 6.07 Å². The molecule has 0 aromatic heterocycles. The van der Waals surface area contributed by atoms with Crippen LogP contribution in [0, 0.1) is 6.92 Å². The lowest BCUT2D eigenvalue weighted by molar-refractivity contribution is 0.400. The molecule has 0 spiro atoms. The predicted octanol–water partition coefficient (Wildman–Crippen LogP) is 1.58. The number of hydrogen-bond acceptors (Lipinski definition) is 4. The Bertz CT molecular complexity index is 597. The summed E-state index contributed by atoms with van der Waals surface area (Å²) in [5, 5.41) is 3.33. The first-order valence-corrected chi connectivity index (χ1v) is 8.91. The maximum Gasteiger partial charge on any atom is 0.240 e. The first-order valence-electron chi connectivity index (χ1n) is 7.42. The molecule has 2 N–H and O–H groups in total. The Morgan fingerprint density at radius 2 is 2.10 bits per heavy atom. The third kappa shape index (κ3) is 3.96. The molecule has 1 heterocycles. The smallest absolute Gasteiger partial charge is 0.240 e. The zero-order valence-corrected chi connectivity index (χ0v) is 13.9. The molecule has 21 heavy (non-hydrogen) atoms. The molecular weight excluding hydrogens is 286 g/mol. The molecule has 0 bridgehead atoms. The Hall–Kier alpha value is -1.11. The molecule has 0 unspecified atom stereocenters. The lowest BCUT2D eigenvalue weighted by atomic mass is 10.00. The fourth-order valence-electron chi connectivity index (χ4n) is 2.65. The molecule has 118 valence electrons. The van der Waals surface area contributed by atoms with Crippen LogP contribution in [0.1, 0.15) is 24.0 Å². The minimum absolute atomic E-state index is 0.431. The third-order valence-corrected chi connectivity index (χ3v) is 5.29. The van der Waals surface area contributed by atoms with Crippen molar-refractivity contribution in [3.63, 3.8) is 0 Å². The molecule has 1 aromatic rings. The van der Waals surface area contributed by atoms with Crippen molar-refractivity contribution >= 4 is 15.7 Å². The molecule has 1 aliphatic heterocycles. The SMILES string of the molecule is Cc1ccc(S(=O)(=O)NCCCN(C)C)c2c1NCCC2. The van der Waals surface area contributed by atoms with Crippen molar-refractivity contribution in [3.8, 4) is 0 Å². The van der Waals surface area contributed by atoms with E-state index in [1.54, 1.807) is 6.07 Å². The zero-order valence-electron chi connectivity index (χ0n) is 13.1. The zero-order chi connectivity index (χ0) is 15.5. The van der Waals surface area contributed by atoms with Gasteiger partial charge in [0.1, 0.15) is 0 Å². The fourth-order valence-corrected chi connectivity index (χ4v) is 3.99. The number of aryl methyl sites for hydroxylation is 1. The van der Waals surface area contributed by atoms with E-state index in [4.69, 9.17) is 0 Å². The van der Waals surface area contributed by atoms with Gasteiger partial charge in [-0.15, -0.1) is 0 Å². The number of sulfonamides is 1. The van der Waals surface area contributed by atoms with Crippen LogP contribution in [-0.4, -0.2) is 47.0 Å². The van der Waals surface area contributed by atoms with Gasteiger partial charge < -0.3 is 10.2 Å². The lowest BCUT2D eigenvalue weighted by Gasteiger charge is -2.23. The monoisotopic (exact) mass is 311 g/mol. The Kier molecular flexibility index (Phi) is 5.24. The van der Waals surface area contributed by atoms with E-state index >= 15 is 0 Å². The highest BCUT2D eigenvalue weighted by Crippen LogP contribution is 2.31. The topological polar surface area (TPSA) is 61.4 Å². The highest BCUT2D eigenvalue weighted by Gasteiger charge is 2.23. The van der Waals surface area contributed by atoms with Gasteiger partial charge in [-0.3, -0.25) is 0 Å². The van der Waals surface area contributed by atoms with Crippen LogP contribution >= 0.6 is 0 Å². The molecule has 0 saturated carbocycles. The van der Waals surface area contributed by atoms with Crippen LogP contribution in [0.25, 0.3) is 0 Å². The van der Waals surface area contributed by atoms with Gasteiger partial charge >= 0.3 is 0 Å². The average Bonchev–Trinajstić information content (AvgIpc) is 2.44. The Morgan fingerprint density at radius 3 is 2.81 bits per heavy atom. The highest BCUT2D eigenvalue weighted by molar-refractivity contribution is 7.89. The van der Waals surface area contributed by atoms with Crippen molar-refractivity contribution < 1.29 is 8.42 Å².